The first kappa shape index (κ1) is 33.6. The monoisotopic (exact) mass is 645 g/mol. The summed E-state index contributed by atoms with van der Waals surface area (Å²) in [6.45, 7) is 4.07. The van der Waals surface area contributed by atoms with Crippen molar-refractivity contribution in [3.8, 4) is 0 Å². The third-order valence-electron chi connectivity index (χ3n) is 8.29. The standard InChI is InChI=1S/C32H41Cl2N5O5/c1-36(31(41)24-18-25(33)20-26(34)19-24)21-29(35-44-3)28(23-8-5-4-6-9-23)12-17-37-15-10-27(11-16-37)39-14-7-13-38(32(39)42)22-30(40)43-2/h4-6,8-9,18-20,27-28H,7,10-17,21-22H2,1-3H3/b35-29+. The molecule has 2 aliphatic rings. The van der Waals surface area contributed by atoms with Crippen LogP contribution in [0.4, 0.5) is 4.79 Å². The number of benzene rings is 2. The SMILES string of the molecule is CO/N=C(\CN(C)C(=O)c1cc(Cl)cc(Cl)c1)C(CCN1CCC(N2CCCN(CC(=O)OC)C2=O)CC1)c1ccccc1. The highest BCUT2D eigenvalue weighted by Crippen LogP contribution is 2.27. The number of carbonyl (C=O) groups is 3. The molecule has 0 aromatic heterocycles. The number of urea groups is 1. The van der Waals surface area contributed by atoms with E-state index < -0.39 is 5.97 Å². The molecule has 3 amide bonds. The van der Waals surface area contributed by atoms with Crippen molar-refractivity contribution in [1.29, 1.82) is 0 Å². The molecule has 0 saturated carbocycles. The number of amides is 3. The number of hydrogen-bond acceptors (Lipinski definition) is 7. The van der Waals surface area contributed by atoms with E-state index >= 15 is 0 Å². The van der Waals surface area contributed by atoms with Crippen molar-refractivity contribution in [2.24, 2.45) is 5.16 Å². The van der Waals surface area contributed by atoms with Crippen LogP contribution in [0, 0.1) is 0 Å². The maximum atomic E-state index is 13.3. The highest BCUT2D eigenvalue weighted by molar-refractivity contribution is 6.35. The van der Waals surface area contributed by atoms with Gasteiger partial charge < -0.3 is 29.2 Å². The summed E-state index contributed by atoms with van der Waals surface area (Å²) in [7, 11) is 4.58. The molecular formula is C32H41Cl2N5O5. The topological polar surface area (TPSA) is 95.0 Å². The largest absolute Gasteiger partial charge is 0.468 e. The van der Waals surface area contributed by atoms with Gasteiger partial charge in [0.05, 0.1) is 19.4 Å². The zero-order valence-electron chi connectivity index (χ0n) is 25.6. The number of ether oxygens (including phenoxy) is 1. The Hall–Kier alpha value is -3.34. The number of esters is 1. The lowest BCUT2D eigenvalue weighted by Crippen LogP contribution is -2.56. The fourth-order valence-corrected chi connectivity index (χ4v) is 6.55. The number of nitrogens with zero attached hydrogens (tertiary/aromatic N) is 5. The normalized spacial score (nSPS) is 17.4. The van der Waals surface area contributed by atoms with Crippen LogP contribution < -0.4 is 0 Å². The fraction of sp³-hybridized carbons (Fsp3) is 0.500. The van der Waals surface area contributed by atoms with E-state index in [1.54, 1.807) is 35.0 Å². The smallest absolute Gasteiger partial charge is 0.325 e. The quantitative estimate of drug-likeness (QED) is 0.183. The van der Waals surface area contributed by atoms with Crippen LogP contribution in [0.1, 0.15) is 47.5 Å². The Balaban J connectivity index is 1.40. The third-order valence-corrected chi connectivity index (χ3v) is 8.73. The molecule has 238 valence electrons. The van der Waals surface area contributed by atoms with Crippen molar-refractivity contribution >= 4 is 46.8 Å². The van der Waals surface area contributed by atoms with E-state index in [0.717, 1.165) is 56.6 Å². The second kappa shape index (κ2) is 16.1. The van der Waals surface area contributed by atoms with Crippen molar-refractivity contribution < 1.29 is 24.0 Å². The molecule has 44 heavy (non-hydrogen) atoms. The summed E-state index contributed by atoms with van der Waals surface area (Å²) in [5.41, 5.74) is 2.23. The number of hydrogen-bond donors (Lipinski definition) is 0. The van der Waals surface area contributed by atoms with E-state index in [1.807, 2.05) is 23.1 Å². The molecule has 0 N–H and O–H groups in total. The van der Waals surface area contributed by atoms with Gasteiger partial charge in [0, 0.05) is 60.8 Å². The molecule has 2 heterocycles. The molecule has 2 saturated heterocycles. The zero-order chi connectivity index (χ0) is 31.6. The maximum Gasteiger partial charge on any atom is 0.325 e. The van der Waals surface area contributed by atoms with E-state index in [-0.39, 0.29) is 37.0 Å². The van der Waals surface area contributed by atoms with Gasteiger partial charge in [0.25, 0.3) is 5.91 Å². The maximum absolute atomic E-state index is 13.3. The Kier molecular flexibility index (Phi) is 12.3. The van der Waals surface area contributed by atoms with Gasteiger partial charge in [0.15, 0.2) is 0 Å². The van der Waals surface area contributed by atoms with Crippen LogP contribution in [-0.4, -0.2) is 116 Å². The van der Waals surface area contributed by atoms with Crippen molar-refractivity contribution in [3.63, 3.8) is 0 Å². The van der Waals surface area contributed by atoms with Gasteiger partial charge in [-0.05, 0) is 56.0 Å². The molecule has 0 bridgehead atoms. The Morgan fingerprint density at radius 1 is 1.02 bits per heavy atom. The molecule has 12 heteroatoms. The van der Waals surface area contributed by atoms with Crippen LogP contribution in [0.5, 0.6) is 0 Å². The van der Waals surface area contributed by atoms with Gasteiger partial charge in [-0.25, -0.2) is 4.79 Å². The average molecular weight is 647 g/mol. The highest BCUT2D eigenvalue weighted by Gasteiger charge is 2.34. The summed E-state index contributed by atoms with van der Waals surface area (Å²) in [5, 5.41) is 5.20. The molecule has 0 aliphatic carbocycles. The lowest BCUT2D eigenvalue weighted by Gasteiger charge is -2.43. The number of carbonyl (C=O) groups excluding carboxylic acids is 3. The zero-order valence-corrected chi connectivity index (χ0v) is 27.1. The molecule has 1 atom stereocenters. The third kappa shape index (κ3) is 8.86. The Morgan fingerprint density at radius 2 is 1.70 bits per heavy atom. The van der Waals surface area contributed by atoms with Crippen molar-refractivity contribution in [2.45, 2.75) is 37.6 Å². The van der Waals surface area contributed by atoms with Gasteiger partial charge in [-0.1, -0.05) is 58.7 Å². The lowest BCUT2D eigenvalue weighted by atomic mass is 9.89. The summed E-state index contributed by atoms with van der Waals surface area (Å²) in [6.07, 6.45) is 3.35. The molecule has 2 aromatic rings. The average Bonchev–Trinajstić information content (AvgIpc) is 3.02. The minimum atomic E-state index is -0.399. The molecule has 1 unspecified atom stereocenters. The number of oxime groups is 1. The predicted molar refractivity (Wildman–Crippen MR) is 171 cm³/mol. The number of likely N-dealkylation sites (tertiary alicyclic amines) is 1. The minimum absolute atomic E-state index is 0.00938. The summed E-state index contributed by atoms with van der Waals surface area (Å²) < 4.78 is 4.76. The highest BCUT2D eigenvalue weighted by atomic mass is 35.5. The van der Waals surface area contributed by atoms with Crippen molar-refractivity contribution in [1.82, 2.24) is 19.6 Å². The lowest BCUT2D eigenvalue weighted by molar-refractivity contribution is -0.141. The Morgan fingerprint density at radius 3 is 2.34 bits per heavy atom. The second-order valence-electron chi connectivity index (χ2n) is 11.2. The van der Waals surface area contributed by atoms with Gasteiger partial charge in [0.1, 0.15) is 13.7 Å². The molecular weight excluding hydrogens is 605 g/mol. The molecule has 10 nitrogen and oxygen atoms in total. The van der Waals surface area contributed by atoms with E-state index in [4.69, 9.17) is 32.8 Å². The first-order valence-corrected chi connectivity index (χ1v) is 15.7. The fourth-order valence-electron chi connectivity index (χ4n) is 6.02. The molecule has 4 rings (SSSR count). The van der Waals surface area contributed by atoms with Crippen molar-refractivity contribution in [2.75, 3.05) is 67.1 Å². The van der Waals surface area contributed by atoms with Gasteiger partial charge in [-0.2, -0.15) is 0 Å². The number of piperidine rings is 1. The van der Waals surface area contributed by atoms with Crippen LogP contribution in [0.15, 0.2) is 53.7 Å². The predicted octanol–water partition coefficient (Wildman–Crippen LogP) is 5.01. The van der Waals surface area contributed by atoms with Crippen LogP contribution in [0.3, 0.4) is 0 Å². The molecule has 2 aliphatic heterocycles. The van der Waals surface area contributed by atoms with E-state index in [1.165, 1.54) is 14.2 Å². The van der Waals surface area contributed by atoms with Crippen LogP contribution in [-0.2, 0) is 14.4 Å². The van der Waals surface area contributed by atoms with Crippen molar-refractivity contribution in [3.05, 3.63) is 69.7 Å². The minimum Gasteiger partial charge on any atom is -0.468 e. The van der Waals surface area contributed by atoms with Gasteiger partial charge >= 0.3 is 12.0 Å². The second-order valence-corrected chi connectivity index (χ2v) is 12.1. The first-order valence-electron chi connectivity index (χ1n) is 14.9. The van der Waals surface area contributed by atoms with Crippen LogP contribution >= 0.6 is 23.2 Å². The van der Waals surface area contributed by atoms with E-state index in [9.17, 15) is 14.4 Å². The summed E-state index contributed by atoms with van der Waals surface area (Å²) in [5.74, 6) is -0.698. The molecule has 0 spiro atoms. The summed E-state index contributed by atoms with van der Waals surface area (Å²) >= 11 is 12.3. The van der Waals surface area contributed by atoms with E-state index in [2.05, 4.69) is 22.2 Å². The summed E-state index contributed by atoms with van der Waals surface area (Å²) in [6, 6.07) is 15.0. The Labute approximate surface area is 269 Å². The first-order chi connectivity index (χ1) is 21.2. The number of rotatable bonds is 12. The molecule has 0 radical (unpaired) electrons. The van der Waals surface area contributed by atoms with Gasteiger partial charge in [-0.15, -0.1) is 0 Å². The Bertz CT molecular complexity index is 1300. The van der Waals surface area contributed by atoms with Crippen LogP contribution in [0.25, 0.3) is 0 Å². The van der Waals surface area contributed by atoms with Gasteiger partial charge in [0.2, 0.25) is 0 Å². The molecule has 2 aromatic carbocycles. The number of halogens is 2. The van der Waals surface area contributed by atoms with Gasteiger partial charge in [-0.3, -0.25) is 9.59 Å². The summed E-state index contributed by atoms with van der Waals surface area (Å²) in [4.78, 5) is 50.9. The van der Waals surface area contributed by atoms with E-state index in [0.29, 0.717) is 28.7 Å². The number of methoxy groups -OCH3 is 1. The molecule has 2 fully saturated rings. The van der Waals surface area contributed by atoms with Crippen LogP contribution in [0.2, 0.25) is 10.0 Å².